The van der Waals surface area contributed by atoms with Gasteiger partial charge in [-0.2, -0.15) is 14.6 Å². The van der Waals surface area contributed by atoms with Gasteiger partial charge in [-0.3, -0.25) is 0 Å². The van der Waals surface area contributed by atoms with E-state index in [1.807, 2.05) is 13.0 Å². The number of aliphatic hydroxyl groups is 1. The van der Waals surface area contributed by atoms with Crippen LogP contribution in [0.4, 0.5) is 5.82 Å². The molecule has 1 fully saturated rings. The molecule has 0 aliphatic carbocycles. The van der Waals surface area contributed by atoms with Crippen LogP contribution in [0.3, 0.4) is 0 Å². The first kappa shape index (κ1) is 12.3. The SMILES string of the molecule is Cc1cc(NCC2(O)CCOCC2)n2ncnc2n1. The molecule has 2 aromatic rings. The van der Waals surface area contributed by atoms with Crippen LogP contribution in [0.15, 0.2) is 12.4 Å². The summed E-state index contributed by atoms with van der Waals surface area (Å²) in [6.45, 7) is 3.58. The van der Waals surface area contributed by atoms with Crippen molar-refractivity contribution in [1.82, 2.24) is 19.6 Å². The van der Waals surface area contributed by atoms with Crippen molar-refractivity contribution in [2.24, 2.45) is 0 Å². The third kappa shape index (κ3) is 2.52. The Kier molecular flexibility index (Phi) is 3.08. The molecule has 0 unspecified atom stereocenters. The van der Waals surface area contributed by atoms with E-state index in [9.17, 15) is 5.11 Å². The van der Waals surface area contributed by atoms with E-state index in [2.05, 4.69) is 20.4 Å². The maximum absolute atomic E-state index is 10.4. The van der Waals surface area contributed by atoms with Gasteiger partial charge in [-0.25, -0.2) is 4.98 Å². The van der Waals surface area contributed by atoms with E-state index in [1.54, 1.807) is 4.52 Å². The third-order valence-electron chi connectivity index (χ3n) is 3.40. The molecule has 1 aliphatic rings. The standard InChI is InChI=1S/C12H17N5O2/c1-9-6-10(17-11(16-9)14-8-15-17)13-7-12(18)2-4-19-5-3-12/h6,8,13,18H,2-5,7H2,1H3. The van der Waals surface area contributed by atoms with Crippen LogP contribution in [0.1, 0.15) is 18.5 Å². The lowest BCUT2D eigenvalue weighted by molar-refractivity contribution is -0.0544. The number of hydrogen-bond donors (Lipinski definition) is 2. The van der Waals surface area contributed by atoms with E-state index < -0.39 is 5.60 Å². The van der Waals surface area contributed by atoms with Gasteiger partial charge in [0.05, 0.1) is 5.60 Å². The molecule has 0 saturated carbocycles. The Morgan fingerprint density at radius 3 is 3.05 bits per heavy atom. The van der Waals surface area contributed by atoms with Crippen molar-refractivity contribution >= 4 is 11.6 Å². The fraction of sp³-hybridized carbons (Fsp3) is 0.583. The molecule has 3 rings (SSSR count). The van der Waals surface area contributed by atoms with E-state index in [4.69, 9.17) is 4.74 Å². The van der Waals surface area contributed by atoms with Crippen LogP contribution in [0.5, 0.6) is 0 Å². The monoisotopic (exact) mass is 263 g/mol. The Morgan fingerprint density at radius 1 is 1.47 bits per heavy atom. The second-order valence-electron chi connectivity index (χ2n) is 4.94. The third-order valence-corrected chi connectivity index (χ3v) is 3.40. The first-order chi connectivity index (χ1) is 9.16. The number of rotatable bonds is 3. The smallest absolute Gasteiger partial charge is 0.254 e. The minimum atomic E-state index is -0.720. The minimum Gasteiger partial charge on any atom is -0.388 e. The number of aromatic nitrogens is 4. The summed E-state index contributed by atoms with van der Waals surface area (Å²) in [7, 11) is 0. The molecule has 0 aromatic carbocycles. The van der Waals surface area contributed by atoms with Crippen molar-refractivity contribution < 1.29 is 9.84 Å². The van der Waals surface area contributed by atoms with Gasteiger partial charge in [-0.05, 0) is 6.92 Å². The Labute approximate surface area is 110 Å². The van der Waals surface area contributed by atoms with Gasteiger partial charge in [0, 0.05) is 44.4 Å². The topological polar surface area (TPSA) is 84.6 Å². The molecule has 0 atom stereocenters. The van der Waals surface area contributed by atoms with Crippen LogP contribution < -0.4 is 5.32 Å². The highest BCUT2D eigenvalue weighted by atomic mass is 16.5. The zero-order chi connectivity index (χ0) is 13.3. The molecule has 0 amide bonds. The summed E-state index contributed by atoms with van der Waals surface area (Å²) in [6, 6.07) is 1.89. The molecule has 7 nitrogen and oxygen atoms in total. The molecule has 19 heavy (non-hydrogen) atoms. The van der Waals surface area contributed by atoms with Crippen molar-refractivity contribution in [3.05, 3.63) is 18.1 Å². The minimum absolute atomic E-state index is 0.467. The summed E-state index contributed by atoms with van der Waals surface area (Å²) in [6.07, 6.45) is 2.76. The van der Waals surface area contributed by atoms with Crippen LogP contribution in [-0.4, -0.2) is 50.0 Å². The molecule has 0 spiro atoms. The zero-order valence-electron chi connectivity index (χ0n) is 10.8. The molecule has 0 radical (unpaired) electrons. The summed E-state index contributed by atoms with van der Waals surface area (Å²) in [5.41, 5.74) is 0.143. The van der Waals surface area contributed by atoms with E-state index >= 15 is 0 Å². The Hall–Kier alpha value is -1.73. The van der Waals surface area contributed by atoms with Gasteiger partial charge in [-0.1, -0.05) is 0 Å². The summed E-state index contributed by atoms with van der Waals surface area (Å²) in [5.74, 6) is 1.35. The average Bonchev–Trinajstić information content (AvgIpc) is 2.85. The Balaban J connectivity index is 1.79. The highest BCUT2D eigenvalue weighted by Gasteiger charge is 2.29. The highest BCUT2D eigenvalue weighted by molar-refractivity contribution is 5.44. The summed E-state index contributed by atoms with van der Waals surface area (Å²) in [5, 5.41) is 17.8. The molecule has 7 heteroatoms. The average molecular weight is 263 g/mol. The zero-order valence-corrected chi connectivity index (χ0v) is 10.8. The lowest BCUT2D eigenvalue weighted by atomic mass is 9.94. The summed E-state index contributed by atoms with van der Waals surface area (Å²) >= 11 is 0. The Morgan fingerprint density at radius 2 is 2.26 bits per heavy atom. The van der Waals surface area contributed by atoms with Crippen LogP contribution in [0.2, 0.25) is 0 Å². The number of fused-ring (bicyclic) bond motifs is 1. The molecule has 1 aliphatic heterocycles. The normalized spacial score (nSPS) is 18.6. The number of hydrogen-bond acceptors (Lipinski definition) is 6. The molecule has 2 aromatic heterocycles. The second kappa shape index (κ2) is 4.75. The molecule has 0 bridgehead atoms. The van der Waals surface area contributed by atoms with Gasteiger partial charge < -0.3 is 15.2 Å². The van der Waals surface area contributed by atoms with Gasteiger partial charge in [-0.15, -0.1) is 0 Å². The van der Waals surface area contributed by atoms with Crippen molar-refractivity contribution in [3.8, 4) is 0 Å². The molecule has 3 heterocycles. The van der Waals surface area contributed by atoms with Crippen LogP contribution in [0, 0.1) is 6.92 Å². The fourth-order valence-electron chi connectivity index (χ4n) is 2.24. The predicted octanol–water partition coefficient (Wildman–Crippen LogP) is 0.386. The van der Waals surface area contributed by atoms with E-state index in [-0.39, 0.29) is 0 Å². The van der Waals surface area contributed by atoms with Gasteiger partial charge in [0.1, 0.15) is 12.1 Å². The predicted molar refractivity (Wildman–Crippen MR) is 69.0 cm³/mol. The largest absolute Gasteiger partial charge is 0.388 e. The van der Waals surface area contributed by atoms with E-state index in [0.29, 0.717) is 38.4 Å². The number of nitrogens with zero attached hydrogens (tertiary/aromatic N) is 4. The first-order valence-corrected chi connectivity index (χ1v) is 6.38. The van der Waals surface area contributed by atoms with Crippen LogP contribution >= 0.6 is 0 Å². The molecule has 2 N–H and O–H groups in total. The van der Waals surface area contributed by atoms with Gasteiger partial charge >= 0.3 is 0 Å². The number of anilines is 1. The maximum Gasteiger partial charge on any atom is 0.254 e. The summed E-state index contributed by atoms with van der Waals surface area (Å²) in [4.78, 5) is 8.35. The van der Waals surface area contributed by atoms with E-state index in [0.717, 1.165) is 11.5 Å². The lowest BCUT2D eigenvalue weighted by Crippen LogP contribution is -2.42. The van der Waals surface area contributed by atoms with Crippen molar-refractivity contribution in [1.29, 1.82) is 0 Å². The second-order valence-corrected chi connectivity index (χ2v) is 4.94. The van der Waals surface area contributed by atoms with Crippen molar-refractivity contribution in [3.63, 3.8) is 0 Å². The van der Waals surface area contributed by atoms with Gasteiger partial charge in [0.25, 0.3) is 5.78 Å². The molecule has 102 valence electrons. The van der Waals surface area contributed by atoms with Crippen LogP contribution in [0.25, 0.3) is 5.78 Å². The maximum atomic E-state index is 10.4. The number of nitrogens with one attached hydrogen (secondary N) is 1. The van der Waals surface area contributed by atoms with Crippen molar-refractivity contribution in [2.75, 3.05) is 25.1 Å². The molecule has 1 saturated heterocycles. The quantitative estimate of drug-likeness (QED) is 0.833. The molecular formula is C12H17N5O2. The highest BCUT2D eigenvalue weighted by Crippen LogP contribution is 2.21. The van der Waals surface area contributed by atoms with Gasteiger partial charge in [0.15, 0.2) is 0 Å². The first-order valence-electron chi connectivity index (χ1n) is 6.38. The number of ether oxygens (including phenoxy) is 1. The van der Waals surface area contributed by atoms with Gasteiger partial charge in [0.2, 0.25) is 0 Å². The van der Waals surface area contributed by atoms with E-state index in [1.165, 1.54) is 6.33 Å². The Bertz CT molecular complexity index is 577. The fourth-order valence-corrected chi connectivity index (χ4v) is 2.24. The molecular weight excluding hydrogens is 246 g/mol. The summed E-state index contributed by atoms with van der Waals surface area (Å²) < 4.78 is 6.90. The lowest BCUT2D eigenvalue weighted by Gasteiger charge is -2.32. The van der Waals surface area contributed by atoms with Crippen LogP contribution in [-0.2, 0) is 4.74 Å². The van der Waals surface area contributed by atoms with Crippen molar-refractivity contribution in [2.45, 2.75) is 25.4 Å². The number of aryl methyl sites for hydroxylation is 1.